The number of nitrogens with zero attached hydrogens (tertiary/aromatic N) is 1. The molecule has 7 heteroatoms. The fourth-order valence-corrected chi connectivity index (χ4v) is 5.52. The maximum Gasteiger partial charge on any atom is 0.124 e. The first-order valence-corrected chi connectivity index (χ1v) is 14.3. The van der Waals surface area contributed by atoms with Gasteiger partial charge in [-0.05, 0) is 54.3 Å². The normalized spacial score (nSPS) is 11.0. The van der Waals surface area contributed by atoms with Crippen molar-refractivity contribution in [1.29, 1.82) is 0 Å². The second-order valence-electron chi connectivity index (χ2n) is 7.49. The third-order valence-corrected chi connectivity index (χ3v) is 7.90. The van der Waals surface area contributed by atoms with E-state index in [1.165, 1.54) is 10.3 Å². The van der Waals surface area contributed by atoms with Crippen molar-refractivity contribution in [1.82, 2.24) is 4.98 Å². The van der Waals surface area contributed by atoms with E-state index in [-0.39, 0.29) is 0 Å². The van der Waals surface area contributed by atoms with E-state index >= 15 is 0 Å². The first-order valence-electron chi connectivity index (χ1n) is 10.9. The lowest BCUT2D eigenvalue weighted by Crippen LogP contribution is -2.10. The van der Waals surface area contributed by atoms with Crippen LogP contribution in [0, 0.1) is 0 Å². The first-order chi connectivity index (χ1) is 16.3. The van der Waals surface area contributed by atoms with Crippen molar-refractivity contribution in [2.24, 2.45) is 0 Å². The van der Waals surface area contributed by atoms with Gasteiger partial charge in [0.25, 0.3) is 0 Å². The second kappa shape index (κ2) is 12.2. The van der Waals surface area contributed by atoms with Gasteiger partial charge in [0.1, 0.15) is 10.8 Å². The minimum absolute atomic E-state index is 0.904. The molecule has 0 radical (unpaired) electrons. The number of rotatable bonds is 12. The molecular formula is C26H29N3OS3. The van der Waals surface area contributed by atoms with Gasteiger partial charge in [0, 0.05) is 35.9 Å². The van der Waals surface area contributed by atoms with Crippen LogP contribution in [0.1, 0.15) is 5.56 Å². The summed E-state index contributed by atoms with van der Waals surface area (Å²) in [7, 11) is 1.70. The number of fused-ring (bicyclic) bond motifs is 1. The third-order valence-electron chi connectivity index (χ3n) is 5.17. The Morgan fingerprint density at radius 1 is 0.909 bits per heavy atom. The van der Waals surface area contributed by atoms with Crippen LogP contribution in [0.2, 0.25) is 0 Å². The molecule has 1 heterocycles. The minimum atomic E-state index is 0.904. The molecule has 0 atom stereocenters. The lowest BCUT2D eigenvalue weighted by atomic mass is 10.1. The summed E-state index contributed by atoms with van der Waals surface area (Å²) in [6.45, 7) is 1.85. The standard InChI is InChI=1S/C26H29N3OS3/c1-30-21-10-7-19(8-11-21)18-32-16-14-27-22-12-9-20(17-24(22)28-13-15-31-2)26-29-23-5-3-4-6-25(23)33-26/h3-12,17,27-28H,13-16,18H2,1-2H3. The summed E-state index contributed by atoms with van der Waals surface area (Å²) >= 11 is 5.53. The summed E-state index contributed by atoms with van der Waals surface area (Å²) in [6.07, 6.45) is 2.14. The summed E-state index contributed by atoms with van der Waals surface area (Å²) in [5, 5.41) is 8.29. The lowest BCUT2D eigenvalue weighted by molar-refractivity contribution is 0.414. The largest absolute Gasteiger partial charge is 0.497 e. The monoisotopic (exact) mass is 495 g/mol. The zero-order valence-electron chi connectivity index (χ0n) is 19.0. The molecule has 1 aromatic heterocycles. The molecule has 4 rings (SSSR count). The molecule has 4 nitrogen and oxygen atoms in total. The van der Waals surface area contributed by atoms with E-state index in [2.05, 4.69) is 65.4 Å². The van der Waals surface area contributed by atoms with Crippen LogP contribution in [-0.4, -0.2) is 42.9 Å². The van der Waals surface area contributed by atoms with E-state index in [4.69, 9.17) is 9.72 Å². The quantitative estimate of drug-likeness (QED) is 0.205. The van der Waals surface area contributed by atoms with E-state index in [1.807, 2.05) is 41.7 Å². The Balaban J connectivity index is 1.38. The second-order valence-corrected chi connectivity index (χ2v) is 10.6. The van der Waals surface area contributed by atoms with Crippen LogP contribution >= 0.6 is 34.9 Å². The maximum atomic E-state index is 5.23. The molecule has 0 amide bonds. The number of thioether (sulfide) groups is 2. The van der Waals surface area contributed by atoms with Crippen LogP contribution in [0.15, 0.2) is 66.7 Å². The number of aromatic nitrogens is 1. The molecule has 172 valence electrons. The Morgan fingerprint density at radius 2 is 1.70 bits per heavy atom. The number of benzene rings is 3. The predicted molar refractivity (Wildman–Crippen MR) is 150 cm³/mol. The Morgan fingerprint density at radius 3 is 2.48 bits per heavy atom. The van der Waals surface area contributed by atoms with Gasteiger partial charge in [-0.25, -0.2) is 4.98 Å². The zero-order valence-corrected chi connectivity index (χ0v) is 21.4. The van der Waals surface area contributed by atoms with Gasteiger partial charge in [0.05, 0.1) is 28.7 Å². The molecule has 0 aliphatic heterocycles. The molecule has 2 N–H and O–H groups in total. The van der Waals surface area contributed by atoms with E-state index in [0.717, 1.165) is 63.6 Å². The van der Waals surface area contributed by atoms with Crippen LogP contribution in [0.5, 0.6) is 5.75 Å². The number of methoxy groups -OCH3 is 1. The highest BCUT2D eigenvalue weighted by atomic mass is 32.2. The SMILES string of the molecule is COc1ccc(CSCCNc2ccc(-c3nc4ccccc4s3)cc2NCCSC)cc1. The fourth-order valence-electron chi connectivity index (χ4n) is 3.43. The Hall–Kier alpha value is -2.35. The first kappa shape index (κ1) is 23.8. The van der Waals surface area contributed by atoms with Gasteiger partial charge < -0.3 is 15.4 Å². The van der Waals surface area contributed by atoms with E-state index < -0.39 is 0 Å². The zero-order chi connectivity index (χ0) is 22.9. The van der Waals surface area contributed by atoms with Crippen molar-refractivity contribution in [2.45, 2.75) is 5.75 Å². The van der Waals surface area contributed by atoms with E-state index in [9.17, 15) is 0 Å². The number of hydrogen-bond donors (Lipinski definition) is 2. The number of hydrogen-bond acceptors (Lipinski definition) is 7. The van der Waals surface area contributed by atoms with E-state index in [1.54, 1.807) is 18.4 Å². The van der Waals surface area contributed by atoms with Gasteiger partial charge in [-0.2, -0.15) is 23.5 Å². The molecule has 4 aromatic rings. The topological polar surface area (TPSA) is 46.2 Å². The van der Waals surface area contributed by atoms with Crippen LogP contribution in [0.4, 0.5) is 11.4 Å². The third kappa shape index (κ3) is 6.59. The summed E-state index contributed by atoms with van der Waals surface area (Å²) < 4.78 is 6.45. The lowest BCUT2D eigenvalue weighted by Gasteiger charge is -2.15. The molecule has 0 fully saturated rings. The smallest absolute Gasteiger partial charge is 0.124 e. The Labute approximate surface area is 208 Å². The molecule has 33 heavy (non-hydrogen) atoms. The highest BCUT2D eigenvalue weighted by molar-refractivity contribution is 7.98. The number of anilines is 2. The van der Waals surface area contributed by atoms with Gasteiger partial charge in [-0.15, -0.1) is 11.3 Å². The highest BCUT2D eigenvalue weighted by Crippen LogP contribution is 2.34. The van der Waals surface area contributed by atoms with Crippen molar-refractivity contribution in [3.8, 4) is 16.3 Å². The fraction of sp³-hybridized carbons (Fsp3) is 0.269. The summed E-state index contributed by atoms with van der Waals surface area (Å²) in [6, 6.07) is 23.2. The molecular weight excluding hydrogens is 467 g/mol. The van der Waals surface area contributed by atoms with Gasteiger partial charge in [0.15, 0.2) is 0 Å². The van der Waals surface area contributed by atoms with Gasteiger partial charge >= 0.3 is 0 Å². The van der Waals surface area contributed by atoms with Crippen LogP contribution in [0.3, 0.4) is 0 Å². The highest BCUT2D eigenvalue weighted by Gasteiger charge is 2.10. The van der Waals surface area contributed by atoms with Crippen molar-refractivity contribution >= 4 is 56.5 Å². The summed E-state index contributed by atoms with van der Waals surface area (Å²) in [5.74, 6) is 4.01. The number of thiazole rings is 1. The van der Waals surface area contributed by atoms with Crippen LogP contribution in [0.25, 0.3) is 20.8 Å². The Kier molecular flexibility index (Phi) is 8.80. The van der Waals surface area contributed by atoms with Crippen LogP contribution in [-0.2, 0) is 5.75 Å². The van der Waals surface area contributed by atoms with Crippen molar-refractivity contribution in [3.63, 3.8) is 0 Å². The molecule has 0 spiro atoms. The average Bonchev–Trinajstić information content (AvgIpc) is 3.29. The van der Waals surface area contributed by atoms with Crippen molar-refractivity contribution in [2.75, 3.05) is 48.6 Å². The Bertz CT molecular complexity index is 1130. The molecule has 0 aliphatic carbocycles. The number of ether oxygens (including phenoxy) is 1. The molecule has 0 saturated heterocycles. The maximum absolute atomic E-state index is 5.23. The average molecular weight is 496 g/mol. The number of nitrogens with one attached hydrogen (secondary N) is 2. The van der Waals surface area contributed by atoms with Gasteiger partial charge in [-0.3, -0.25) is 0 Å². The predicted octanol–water partition coefficient (Wildman–Crippen LogP) is 7.09. The minimum Gasteiger partial charge on any atom is -0.497 e. The molecule has 0 unspecified atom stereocenters. The van der Waals surface area contributed by atoms with Gasteiger partial charge in [-0.1, -0.05) is 24.3 Å². The molecule has 0 bridgehead atoms. The van der Waals surface area contributed by atoms with Crippen molar-refractivity contribution in [3.05, 3.63) is 72.3 Å². The summed E-state index contributed by atoms with van der Waals surface area (Å²) in [5.41, 5.74) is 5.82. The molecule has 0 saturated carbocycles. The van der Waals surface area contributed by atoms with Crippen molar-refractivity contribution < 1.29 is 4.74 Å². The molecule has 3 aromatic carbocycles. The van der Waals surface area contributed by atoms with Crippen LogP contribution < -0.4 is 15.4 Å². The summed E-state index contributed by atoms with van der Waals surface area (Å²) in [4.78, 5) is 4.83. The van der Waals surface area contributed by atoms with E-state index in [0.29, 0.717) is 0 Å². The van der Waals surface area contributed by atoms with Gasteiger partial charge in [0.2, 0.25) is 0 Å². The number of para-hydroxylation sites is 1. The molecule has 0 aliphatic rings.